The van der Waals surface area contributed by atoms with Crippen LogP contribution in [-0.2, 0) is 9.53 Å². The Hall–Kier alpha value is -2.62. The van der Waals surface area contributed by atoms with E-state index in [0.717, 1.165) is 17.4 Å². The van der Waals surface area contributed by atoms with Crippen LogP contribution in [0.3, 0.4) is 0 Å². The zero-order valence-electron chi connectivity index (χ0n) is 14.2. The molecular weight excluding hydrogens is 302 g/mol. The molecule has 0 aliphatic rings. The molecule has 0 bridgehead atoms. The summed E-state index contributed by atoms with van der Waals surface area (Å²) in [6.45, 7) is 5.36. The smallest absolute Gasteiger partial charge is 0.408 e. The summed E-state index contributed by atoms with van der Waals surface area (Å²) in [5, 5.41) is 2.69. The Labute approximate surface area is 142 Å². The van der Waals surface area contributed by atoms with Crippen LogP contribution in [0.1, 0.15) is 37.8 Å². The van der Waals surface area contributed by atoms with Crippen molar-refractivity contribution in [2.24, 2.45) is 0 Å². The summed E-state index contributed by atoms with van der Waals surface area (Å²) in [7, 11) is 0. The predicted octanol–water partition coefficient (Wildman–Crippen LogP) is 3.91. The van der Waals surface area contributed by atoms with Crippen LogP contribution >= 0.6 is 0 Å². The summed E-state index contributed by atoms with van der Waals surface area (Å²) < 4.78 is 5.28. The Balaban J connectivity index is 2.31. The highest BCUT2D eigenvalue weighted by Crippen LogP contribution is 2.27. The Kier molecular flexibility index (Phi) is 5.74. The quantitative estimate of drug-likeness (QED) is 0.848. The van der Waals surface area contributed by atoms with Gasteiger partial charge in [-0.1, -0.05) is 60.7 Å². The molecule has 0 aromatic heterocycles. The van der Waals surface area contributed by atoms with Crippen molar-refractivity contribution in [1.29, 1.82) is 0 Å². The molecule has 0 heterocycles. The molecule has 0 aliphatic carbocycles. The average molecular weight is 325 g/mol. The van der Waals surface area contributed by atoms with Crippen molar-refractivity contribution in [3.8, 4) is 0 Å². The molecule has 2 rings (SSSR count). The molecule has 0 spiro atoms. The lowest BCUT2D eigenvalue weighted by Gasteiger charge is -2.27. The van der Waals surface area contributed by atoms with E-state index < -0.39 is 17.7 Å². The fourth-order valence-electron chi connectivity index (χ4n) is 2.57. The lowest BCUT2D eigenvalue weighted by atomic mass is 9.85. The van der Waals surface area contributed by atoms with Gasteiger partial charge in [-0.05, 0) is 31.9 Å². The normalized spacial score (nSPS) is 12.5. The average Bonchev–Trinajstić information content (AvgIpc) is 2.54. The van der Waals surface area contributed by atoms with E-state index in [2.05, 4.69) is 5.32 Å². The molecule has 4 nitrogen and oxygen atoms in total. The standard InChI is InChI=1S/C20H23NO3/c1-20(2,3)24-19(23)21-17(14-22)18(15-10-6-4-7-11-15)16-12-8-5-9-13-16/h4-14,17-18H,1-3H3,(H,21,23)/t17-/m0/s1. The molecule has 0 saturated heterocycles. The number of nitrogens with one attached hydrogen (secondary N) is 1. The van der Waals surface area contributed by atoms with Gasteiger partial charge in [-0.15, -0.1) is 0 Å². The van der Waals surface area contributed by atoms with Gasteiger partial charge in [0.2, 0.25) is 0 Å². The van der Waals surface area contributed by atoms with Gasteiger partial charge in [0.15, 0.2) is 0 Å². The van der Waals surface area contributed by atoms with Crippen LogP contribution in [0.15, 0.2) is 60.7 Å². The third-order valence-electron chi connectivity index (χ3n) is 3.51. The Morgan fingerprint density at radius 2 is 1.42 bits per heavy atom. The minimum atomic E-state index is -0.718. The summed E-state index contributed by atoms with van der Waals surface area (Å²) >= 11 is 0. The maximum absolute atomic E-state index is 12.1. The molecule has 0 unspecified atom stereocenters. The van der Waals surface area contributed by atoms with Gasteiger partial charge < -0.3 is 14.8 Å². The lowest BCUT2D eigenvalue weighted by molar-refractivity contribution is -0.109. The van der Waals surface area contributed by atoms with E-state index in [1.807, 2.05) is 60.7 Å². The summed E-state index contributed by atoms with van der Waals surface area (Å²) in [4.78, 5) is 23.8. The highest BCUT2D eigenvalue weighted by molar-refractivity contribution is 5.75. The first-order valence-corrected chi connectivity index (χ1v) is 7.95. The molecule has 1 atom stereocenters. The number of aldehydes is 1. The molecule has 0 aliphatic heterocycles. The Morgan fingerprint density at radius 3 is 1.79 bits per heavy atom. The van der Waals surface area contributed by atoms with E-state index in [9.17, 15) is 9.59 Å². The first-order chi connectivity index (χ1) is 11.4. The molecule has 0 radical (unpaired) electrons. The van der Waals surface area contributed by atoms with Crippen molar-refractivity contribution in [3.05, 3.63) is 71.8 Å². The van der Waals surface area contributed by atoms with E-state index in [0.29, 0.717) is 0 Å². The molecule has 1 N–H and O–H groups in total. The second-order valence-corrected chi connectivity index (χ2v) is 6.61. The van der Waals surface area contributed by atoms with E-state index >= 15 is 0 Å². The maximum atomic E-state index is 12.1. The van der Waals surface area contributed by atoms with Crippen molar-refractivity contribution in [2.45, 2.75) is 38.3 Å². The second kappa shape index (κ2) is 7.77. The van der Waals surface area contributed by atoms with Gasteiger partial charge in [0.05, 0.1) is 6.04 Å². The van der Waals surface area contributed by atoms with Crippen LogP contribution < -0.4 is 5.32 Å². The fourth-order valence-corrected chi connectivity index (χ4v) is 2.57. The summed E-state index contributed by atoms with van der Waals surface area (Å²) in [5.74, 6) is -0.280. The predicted molar refractivity (Wildman–Crippen MR) is 93.9 cm³/mol. The number of carbonyl (C=O) groups is 2. The Morgan fingerprint density at radius 1 is 0.958 bits per heavy atom. The minimum absolute atomic E-state index is 0.280. The summed E-state index contributed by atoms with van der Waals surface area (Å²) in [6.07, 6.45) is 0.158. The van der Waals surface area contributed by atoms with Crippen LogP contribution in [0, 0.1) is 0 Å². The van der Waals surface area contributed by atoms with Gasteiger partial charge >= 0.3 is 6.09 Å². The van der Waals surface area contributed by atoms with Crippen molar-refractivity contribution >= 4 is 12.4 Å². The topological polar surface area (TPSA) is 55.4 Å². The third-order valence-corrected chi connectivity index (χ3v) is 3.51. The SMILES string of the molecule is CC(C)(C)OC(=O)N[C@@H](C=O)C(c1ccccc1)c1ccccc1. The molecule has 2 aromatic rings. The van der Waals surface area contributed by atoms with Crippen molar-refractivity contribution in [1.82, 2.24) is 5.32 Å². The number of alkyl carbamates (subject to hydrolysis) is 1. The van der Waals surface area contributed by atoms with Gasteiger partial charge in [-0.2, -0.15) is 0 Å². The van der Waals surface area contributed by atoms with Gasteiger partial charge in [-0.25, -0.2) is 4.79 Å². The number of amides is 1. The van der Waals surface area contributed by atoms with Crippen molar-refractivity contribution in [2.75, 3.05) is 0 Å². The van der Waals surface area contributed by atoms with Crippen LogP contribution in [0.4, 0.5) is 4.79 Å². The third kappa shape index (κ3) is 4.95. The zero-order valence-corrected chi connectivity index (χ0v) is 14.2. The van der Waals surface area contributed by atoms with Gasteiger partial charge in [0.25, 0.3) is 0 Å². The molecule has 126 valence electrons. The van der Waals surface area contributed by atoms with Crippen molar-refractivity contribution in [3.63, 3.8) is 0 Å². The first kappa shape index (κ1) is 17.7. The Bertz CT molecular complexity index is 623. The molecule has 0 fully saturated rings. The van der Waals surface area contributed by atoms with Crippen molar-refractivity contribution < 1.29 is 14.3 Å². The summed E-state index contributed by atoms with van der Waals surface area (Å²) in [6, 6.07) is 18.6. The monoisotopic (exact) mass is 325 g/mol. The zero-order chi connectivity index (χ0) is 17.6. The van der Waals surface area contributed by atoms with Gasteiger partial charge in [-0.3, -0.25) is 0 Å². The van der Waals surface area contributed by atoms with Crippen LogP contribution in [0.25, 0.3) is 0 Å². The lowest BCUT2D eigenvalue weighted by Crippen LogP contribution is -2.43. The fraction of sp³-hybridized carbons (Fsp3) is 0.300. The van der Waals surface area contributed by atoms with E-state index in [1.165, 1.54) is 0 Å². The van der Waals surface area contributed by atoms with E-state index in [1.54, 1.807) is 20.8 Å². The number of hydrogen-bond acceptors (Lipinski definition) is 3. The molecule has 2 aromatic carbocycles. The highest BCUT2D eigenvalue weighted by atomic mass is 16.6. The largest absolute Gasteiger partial charge is 0.444 e. The van der Waals surface area contributed by atoms with Gasteiger partial charge in [0.1, 0.15) is 11.9 Å². The number of rotatable bonds is 5. The van der Waals surface area contributed by atoms with Crippen LogP contribution in [0.2, 0.25) is 0 Å². The number of carbonyl (C=O) groups excluding carboxylic acids is 2. The van der Waals surface area contributed by atoms with Gasteiger partial charge in [0, 0.05) is 5.92 Å². The summed E-state index contributed by atoms with van der Waals surface area (Å²) in [5.41, 5.74) is 1.29. The van der Waals surface area contributed by atoms with E-state index in [-0.39, 0.29) is 5.92 Å². The van der Waals surface area contributed by atoms with E-state index in [4.69, 9.17) is 4.74 Å². The highest BCUT2D eigenvalue weighted by Gasteiger charge is 2.28. The molecule has 1 amide bonds. The number of hydrogen-bond donors (Lipinski definition) is 1. The minimum Gasteiger partial charge on any atom is -0.444 e. The number of benzene rings is 2. The van der Waals surface area contributed by atoms with Crippen LogP contribution in [-0.4, -0.2) is 24.0 Å². The molecule has 24 heavy (non-hydrogen) atoms. The first-order valence-electron chi connectivity index (χ1n) is 7.95. The number of ether oxygens (including phenoxy) is 1. The molecular formula is C20H23NO3. The molecule has 0 saturated carbocycles. The second-order valence-electron chi connectivity index (χ2n) is 6.61. The molecule has 4 heteroatoms. The van der Waals surface area contributed by atoms with Crippen LogP contribution in [0.5, 0.6) is 0 Å². The maximum Gasteiger partial charge on any atom is 0.408 e.